The van der Waals surface area contributed by atoms with Crippen LogP contribution in [0, 0.1) is 0 Å². The van der Waals surface area contributed by atoms with E-state index in [1.54, 1.807) is 0 Å². The second-order valence-corrected chi connectivity index (χ2v) is 9.44. The average Bonchev–Trinajstić information content (AvgIpc) is 3.12. The summed E-state index contributed by atoms with van der Waals surface area (Å²) >= 11 is 0. The van der Waals surface area contributed by atoms with Crippen LogP contribution in [0.5, 0.6) is 0 Å². The highest BCUT2D eigenvalue weighted by atomic mass is 16.3. The lowest BCUT2D eigenvalue weighted by molar-refractivity contribution is -0.539. The van der Waals surface area contributed by atoms with Crippen molar-refractivity contribution in [3.05, 3.63) is 24.8 Å². The number of hydrogen-bond donors (Lipinski definition) is 3. The van der Waals surface area contributed by atoms with E-state index >= 15 is 0 Å². The number of fused-ring (bicyclic) bond motifs is 1. The number of allylic oxidation sites excluding steroid dienone is 1. The molecule has 0 bridgehead atoms. The fraction of sp³-hybridized carbons (Fsp3) is 0.769. The molecule has 2 aliphatic rings. The molecule has 1 unspecified atom stereocenters. The number of unbranched alkanes of at least 4 members (excludes halogenated alkanes) is 11. The van der Waals surface area contributed by atoms with E-state index in [0.717, 1.165) is 64.6 Å². The first-order valence-electron chi connectivity index (χ1n) is 13.0. The Hall–Kier alpha value is -1.82. The van der Waals surface area contributed by atoms with E-state index < -0.39 is 5.72 Å². The molecule has 0 aromatic carbocycles. The summed E-state index contributed by atoms with van der Waals surface area (Å²) in [6.45, 7) is 7.55. The van der Waals surface area contributed by atoms with Crippen LogP contribution < -0.4 is 11.5 Å². The maximum atomic E-state index is 11.3. The summed E-state index contributed by atoms with van der Waals surface area (Å²) in [6.07, 6.45) is 24.2. The van der Waals surface area contributed by atoms with Gasteiger partial charge in [0.15, 0.2) is 5.96 Å². The molecular formula is C26H48N5O+. The van der Waals surface area contributed by atoms with E-state index in [1.807, 2.05) is 12.2 Å². The summed E-state index contributed by atoms with van der Waals surface area (Å²) in [6, 6.07) is 0. The van der Waals surface area contributed by atoms with E-state index in [-0.39, 0.29) is 5.96 Å². The van der Waals surface area contributed by atoms with Crippen LogP contribution >= 0.6 is 0 Å². The average molecular weight is 447 g/mol. The van der Waals surface area contributed by atoms with Gasteiger partial charge in [-0.25, -0.2) is 4.90 Å². The van der Waals surface area contributed by atoms with E-state index in [1.165, 1.54) is 57.2 Å². The van der Waals surface area contributed by atoms with Gasteiger partial charge in [-0.05, 0) is 44.6 Å². The monoisotopic (exact) mass is 446 g/mol. The molecule has 0 aromatic heterocycles. The van der Waals surface area contributed by atoms with Crippen LogP contribution in [0.25, 0.3) is 0 Å². The maximum absolute atomic E-state index is 11.3. The van der Waals surface area contributed by atoms with Crippen molar-refractivity contribution in [2.75, 3.05) is 26.2 Å². The van der Waals surface area contributed by atoms with Crippen molar-refractivity contribution < 1.29 is 9.68 Å². The molecule has 0 spiro atoms. The van der Waals surface area contributed by atoms with Crippen molar-refractivity contribution in [1.29, 1.82) is 0 Å². The minimum Gasteiger partial charge on any atom is -0.370 e. The predicted octanol–water partition coefficient (Wildman–Crippen LogP) is 4.28. The van der Waals surface area contributed by atoms with Gasteiger partial charge in [0, 0.05) is 25.5 Å². The number of aliphatic imine (C=N–C) groups is 1. The highest BCUT2D eigenvalue weighted by Gasteiger charge is 2.46. The molecule has 0 saturated heterocycles. The van der Waals surface area contributed by atoms with Crippen molar-refractivity contribution in [1.82, 2.24) is 4.90 Å². The molecule has 0 aliphatic carbocycles. The van der Waals surface area contributed by atoms with Gasteiger partial charge in [0.25, 0.3) is 5.84 Å². The van der Waals surface area contributed by atoms with Crippen LogP contribution in [0.1, 0.15) is 96.3 Å². The molecule has 182 valence electrons. The van der Waals surface area contributed by atoms with Crippen molar-refractivity contribution in [3.63, 3.8) is 0 Å². The fourth-order valence-electron chi connectivity index (χ4n) is 4.86. The number of hydrogen-bond acceptors (Lipinski definition) is 3. The molecule has 0 saturated carbocycles. The van der Waals surface area contributed by atoms with Crippen LogP contribution in [-0.2, 0) is 0 Å². The molecule has 0 aromatic rings. The molecule has 2 heterocycles. The van der Waals surface area contributed by atoms with Crippen LogP contribution in [0.15, 0.2) is 29.8 Å². The van der Waals surface area contributed by atoms with E-state index in [2.05, 4.69) is 27.1 Å². The molecule has 5 N–H and O–H groups in total. The van der Waals surface area contributed by atoms with Gasteiger partial charge in [0.1, 0.15) is 0 Å². The summed E-state index contributed by atoms with van der Waals surface area (Å²) in [4.78, 5) is 6.28. The summed E-state index contributed by atoms with van der Waals surface area (Å²) in [5, 5.41) is 11.3. The number of guanidine groups is 1. The van der Waals surface area contributed by atoms with Gasteiger partial charge in [-0.1, -0.05) is 51.0 Å². The number of rotatable bonds is 18. The van der Waals surface area contributed by atoms with Crippen LogP contribution in [0.2, 0.25) is 0 Å². The number of nitrogens with zero attached hydrogens (tertiary/aromatic N) is 3. The van der Waals surface area contributed by atoms with Gasteiger partial charge < -0.3 is 16.6 Å². The first kappa shape index (κ1) is 26.4. The Labute approximate surface area is 196 Å². The minimum absolute atomic E-state index is 0.178. The lowest BCUT2D eigenvalue weighted by Crippen LogP contribution is -2.52. The zero-order valence-electron chi connectivity index (χ0n) is 20.3. The third-order valence-corrected chi connectivity index (χ3v) is 6.71. The van der Waals surface area contributed by atoms with Crippen LogP contribution in [0.4, 0.5) is 0 Å². The Kier molecular flexibility index (Phi) is 12.5. The van der Waals surface area contributed by atoms with Crippen molar-refractivity contribution in [2.24, 2.45) is 16.5 Å². The second-order valence-electron chi connectivity index (χ2n) is 9.44. The molecular weight excluding hydrogens is 398 g/mol. The quantitative estimate of drug-likeness (QED) is 0.0963. The Morgan fingerprint density at radius 2 is 1.69 bits per heavy atom. The number of nitrogens with two attached hydrogens (primary N) is 2. The lowest BCUT2D eigenvalue weighted by atomic mass is 10.0. The molecule has 0 amide bonds. The Morgan fingerprint density at radius 1 is 1.03 bits per heavy atom. The summed E-state index contributed by atoms with van der Waals surface area (Å²) in [5.41, 5.74) is 9.96. The van der Waals surface area contributed by atoms with Crippen LogP contribution in [0.3, 0.4) is 0 Å². The molecule has 0 fully saturated rings. The van der Waals surface area contributed by atoms with Crippen LogP contribution in [-0.4, -0.2) is 58.3 Å². The number of amidine groups is 1. The van der Waals surface area contributed by atoms with Gasteiger partial charge in [-0.2, -0.15) is 0 Å². The maximum Gasteiger partial charge on any atom is 0.274 e. The largest absolute Gasteiger partial charge is 0.370 e. The lowest BCUT2D eigenvalue weighted by Gasteiger charge is -2.32. The van der Waals surface area contributed by atoms with Gasteiger partial charge in [0.2, 0.25) is 5.72 Å². The van der Waals surface area contributed by atoms with Crippen molar-refractivity contribution in [2.45, 2.75) is 102 Å². The Bertz CT molecular complexity index is 638. The number of aliphatic hydroxyl groups is 1. The zero-order valence-corrected chi connectivity index (χ0v) is 20.3. The fourth-order valence-corrected chi connectivity index (χ4v) is 4.86. The van der Waals surface area contributed by atoms with Gasteiger partial charge >= 0.3 is 0 Å². The van der Waals surface area contributed by atoms with Gasteiger partial charge in [-0.15, -0.1) is 6.58 Å². The first-order chi connectivity index (χ1) is 15.6. The second kappa shape index (κ2) is 15.1. The van der Waals surface area contributed by atoms with Gasteiger partial charge in [0.05, 0.1) is 19.6 Å². The Morgan fingerprint density at radius 3 is 2.38 bits per heavy atom. The third kappa shape index (κ3) is 9.35. The smallest absolute Gasteiger partial charge is 0.274 e. The van der Waals surface area contributed by atoms with Crippen molar-refractivity contribution in [3.8, 4) is 0 Å². The topological polar surface area (TPSA) is 90.9 Å². The Balaban J connectivity index is 1.62. The molecule has 6 nitrogen and oxygen atoms in total. The first-order valence-corrected chi connectivity index (χ1v) is 13.0. The molecule has 1 atom stereocenters. The molecule has 32 heavy (non-hydrogen) atoms. The highest BCUT2D eigenvalue weighted by molar-refractivity contribution is 5.92. The molecule has 6 heteroatoms. The minimum atomic E-state index is -0.785. The van der Waals surface area contributed by atoms with E-state index in [9.17, 15) is 5.11 Å². The third-order valence-electron chi connectivity index (χ3n) is 6.71. The standard InChI is InChI=1S/C26H48N5O/c1-2-3-4-5-6-7-8-9-10-11-13-18-26(32)19-17-24-30(22-16-23-31(24)26)21-15-12-14-20-29-25(27)28/h2,17,19,32H,1,3-16,18,20-23H2,(H4,27,28,29)/q+1. The summed E-state index contributed by atoms with van der Waals surface area (Å²) < 4.78 is 2.44. The van der Waals surface area contributed by atoms with Gasteiger partial charge in [-0.3, -0.25) is 9.57 Å². The molecule has 2 rings (SSSR count). The summed E-state index contributed by atoms with van der Waals surface area (Å²) in [7, 11) is 0. The molecule has 2 aliphatic heterocycles. The normalized spacial score (nSPS) is 20.0. The van der Waals surface area contributed by atoms with E-state index in [0.29, 0.717) is 6.54 Å². The summed E-state index contributed by atoms with van der Waals surface area (Å²) in [5.74, 6) is 1.39. The van der Waals surface area contributed by atoms with Crippen molar-refractivity contribution >= 4 is 11.8 Å². The zero-order chi connectivity index (χ0) is 23.1. The SMILES string of the molecule is C=CCCCCCCCCCCCC1(O)C=CC2=[N+](CCCCCN=C(N)N)CCCN21. The van der Waals surface area contributed by atoms with E-state index in [4.69, 9.17) is 11.5 Å². The highest BCUT2D eigenvalue weighted by Crippen LogP contribution is 2.30. The molecule has 0 radical (unpaired) electrons. The predicted molar refractivity (Wildman–Crippen MR) is 136 cm³/mol.